The second kappa shape index (κ2) is 9.78. The van der Waals surface area contributed by atoms with Gasteiger partial charge in [-0.25, -0.2) is 0 Å². The molecule has 1 amide bonds. The van der Waals surface area contributed by atoms with Gasteiger partial charge in [0, 0.05) is 26.6 Å². The summed E-state index contributed by atoms with van der Waals surface area (Å²) in [6, 6.07) is 8.00. The SMILES string of the molecule is COc1ccc(CN(CC[C@@]2(CCC(C)C)CCOC(C)(C)C2)C(C)=O)cc1. The second-order valence-electron chi connectivity index (χ2n) is 9.51. The Kier molecular flexibility index (Phi) is 7.94. The highest BCUT2D eigenvalue weighted by Gasteiger charge is 2.40. The summed E-state index contributed by atoms with van der Waals surface area (Å²) in [5.41, 5.74) is 1.32. The number of rotatable bonds is 9. The second-order valence-corrected chi connectivity index (χ2v) is 9.51. The smallest absolute Gasteiger partial charge is 0.219 e. The van der Waals surface area contributed by atoms with Gasteiger partial charge in [-0.2, -0.15) is 0 Å². The number of carbonyl (C=O) groups is 1. The third-order valence-corrected chi connectivity index (χ3v) is 6.07. The molecular weight excluding hydrogens is 350 g/mol. The quantitative estimate of drug-likeness (QED) is 0.564. The molecule has 0 N–H and O–H groups in total. The molecular formula is C24H39NO3. The molecule has 1 aliphatic heterocycles. The van der Waals surface area contributed by atoms with Crippen LogP contribution >= 0.6 is 0 Å². The molecule has 1 aliphatic rings. The fraction of sp³-hybridized carbons (Fsp3) is 0.708. The average Bonchev–Trinajstić information content (AvgIpc) is 2.63. The van der Waals surface area contributed by atoms with Crippen LogP contribution in [0.25, 0.3) is 0 Å². The maximum absolute atomic E-state index is 12.3. The Morgan fingerprint density at radius 2 is 1.89 bits per heavy atom. The van der Waals surface area contributed by atoms with Crippen LogP contribution in [0.1, 0.15) is 72.3 Å². The van der Waals surface area contributed by atoms with Gasteiger partial charge in [-0.15, -0.1) is 0 Å². The maximum Gasteiger partial charge on any atom is 0.219 e. The fourth-order valence-electron chi connectivity index (χ4n) is 4.40. The van der Waals surface area contributed by atoms with Crippen molar-refractivity contribution < 1.29 is 14.3 Å². The molecule has 0 bridgehead atoms. The molecule has 4 nitrogen and oxygen atoms in total. The summed E-state index contributed by atoms with van der Waals surface area (Å²) in [6.07, 6.45) is 5.65. The molecule has 158 valence electrons. The molecule has 4 heteroatoms. The summed E-state index contributed by atoms with van der Waals surface area (Å²) in [5.74, 6) is 1.68. The van der Waals surface area contributed by atoms with Gasteiger partial charge in [-0.1, -0.05) is 32.4 Å². The Labute approximate surface area is 171 Å². The first-order chi connectivity index (χ1) is 13.1. The van der Waals surface area contributed by atoms with Crippen LogP contribution < -0.4 is 4.74 Å². The summed E-state index contributed by atoms with van der Waals surface area (Å²) in [5, 5.41) is 0. The van der Waals surface area contributed by atoms with Gasteiger partial charge < -0.3 is 14.4 Å². The lowest BCUT2D eigenvalue weighted by atomic mass is 9.68. The van der Waals surface area contributed by atoms with Gasteiger partial charge >= 0.3 is 0 Å². The van der Waals surface area contributed by atoms with Gasteiger partial charge in [0.2, 0.25) is 5.91 Å². The van der Waals surface area contributed by atoms with Crippen molar-refractivity contribution in [3.63, 3.8) is 0 Å². The van der Waals surface area contributed by atoms with Crippen molar-refractivity contribution in [2.24, 2.45) is 11.3 Å². The lowest BCUT2D eigenvalue weighted by Crippen LogP contribution is -2.43. The summed E-state index contributed by atoms with van der Waals surface area (Å²) >= 11 is 0. The van der Waals surface area contributed by atoms with Gasteiger partial charge in [-0.05, 0) is 68.6 Å². The topological polar surface area (TPSA) is 38.8 Å². The van der Waals surface area contributed by atoms with E-state index in [2.05, 4.69) is 27.7 Å². The van der Waals surface area contributed by atoms with Crippen molar-refractivity contribution in [1.29, 1.82) is 0 Å². The van der Waals surface area contributed by atoms with Gasteiger partial charge in [0.1, 0.15) is 5.75 Å². The predicted octanol–water partition coefficient (Wildman–Crippen LogP) is 5.45. The first-order valence-corrected chi connectivity index (χ1v) is 10.7. The predicted molar refractivity (Wildman–Crippen MR) is 114 cm³/mol. The van der Waals surface area contributed by atoms with Crippen molar-refractivity contribution in [2.75, 3.05) is 20.3 Å². The van der Waals surface area contributed by atoms with Crippen LogP contribution in [-0.2, 0) is 16.1 Å². The number of hydrogen-bond acceptors (Lipinski definition) is 3. The van der Waals surface area contributed by atoms with Crippen molar-refractivity contribution >= 4 is 5.91 Å². The van der Waals surface area contributed by atoms with E-state index in [0.717, 1.165) is 43.7 Å². The molecule has 1 saturated heterocycles. The zero-order valence-corrected chi connectivity index (χ0v) is 18.7. The summed E-state index contributed by atoms with van der Waals surface area (Å²) < 4.78 is 11.2. The number of methoxy groups -OCH3 is 1. The van der Waals surface area contributed by atoms with Gasteiger partial charge in [0.05, 0.1) is 12.7 Å². The van der Waals surface area contributed by atoms with Gasteiger partial charge in [0.15, 0.2) is 0 Å². The van der Waals surface area contributed by atoms with E-state index in [1.54, 1.807) is 14.0 Å². The highest BCUT2D eigenvalue weighted by Crippen LogP contribution is 2.45. The van der Waals surface area contributed by atoms with E-state index in [1.807, 2.05) is 29.2 Å². The molecule has 0 saturated carbocycles. The Balaban J connectivity index is 2.07. The molecule has 1 atom stereocenters. The van der Waals surface area contributed by atoms with Crippen molar-refractivity contribution in [1.82, 2.24) is 4.90 Å². The van der Waals surface area contributed by atoms with E-state index >= 15 is 0 Å². The van der Waals surface area contributed by atoms with Crippen LogP contribution in [0.2, 0.25) is 0 Å². The third kappa shape index (κ3) is 6.80. The normalized spacial score (nSPS) is 21.5. The molecule has 1 heterocycles. The standard InChI is InChI=1S/C24H39NO3/c1-19(2)11-12-24(14-16-28-23(4,5)18-24)13-15-25(20(3)26)17-21-7-9-22(27-6)10-8-21/h7-10,19H,11-18H2,1-6H3/t24-/m0/s1. The molecule has 0 aromatic heterocycles. The van der Waals surface area contributed by atoms with Crippen molar-refractivity contribution in [3.05, 3.63) is 29.8 Å². The maximum atomic E-state index is 12.3. The van der Waals surface area contributed by atoms with Crippen LogP contribution in [0.5, 0.6) is 5.75 Å². The molecule has 0 unspecified atom stereocenters. The van der Waals surface area contributed by atoms with Crippen LogP contribution in [0.15, 0.2) is 24.3 Å². The number of benzene rings is 1. The highest BCUT2D eigenvalue weighted by molar-refractivity contribution is 5.73. The van der Waals surface area contributed by atoms with Crippen LogP contribution in [0.3, 0.4) is 0 Å². The van der Waals surface area contributed by atoms with Gasteiger partial charge in [-0.3, -0.25) is 4.79 Å². The Hall–Kier alpha value is -1.55. The van der Waals surface area contributed by atoms with E-state index in [0.29, 0.717) is 12.5 Å². The first kappa shape index (κ1) is 22.7. The average molecular weight is 390 g/mol. The molecule has 1 aromatic rings. The molecule has 28 heavy (non-hydrogen) atoms. The minimum Gasteiger partial charge on any atom is -0.497 e. The minimum atomic E-state index is -0.0771. The van der Waals surface area contributed by atoms with Crippen molar-refractivity contribution in [3.8, 4) is 5.75 Å². The lowest BCUT2D eigenvalue weighted by Gasteiger charge is -2.46. The fourth-order valence-corrected chi connectivity index (χ4v) is 4.40. The lowest BCUT2D eigenvalue weighted by molar-refractivity contribution is -0.132. The zero-order valence-electron chi connectivity index (χ0n) is 18.7. The van der Waals surface area contributed by atoms with E-state index < -0.39 is 0 Å². The minimum absolute atomic E-state index is 0.0771. The molecule has 0 radical (unpaired) electrons. The third-order valence-electron chi connectivity index (χ3n) is 6.07. The zero-order chi connectivity index (χ0) is 20.8. The highest BCUT2D eigenvalue weighted by atomic mass is 16.5. The van der Waals surface area contributed by atoms with Crippen LogP contribution in [0.4, 0.5) is 0 Å². The number of nitrogens with zero attached hydrogens (tertiary/aromatic N) is 1. The molecule has 2 rings (SSSR count). The number of carbonyl (C=O) groups excluding carboxylic acids is 1. The monoisotopic (exact) mass is 389 g/mol. The number of ether oxygens (including phenoxy) is 2. The molecule has 0 spiro atoms. The van der Waals surface area contributed by atoms with Crippen LogP contribution in [-0.4, -0.2) is 36.7 Å². The molecule has 1 fully saturated rings. The van der Waals surface area contributed by atoms with E-state index in [4.69, 9.17) is 9.47 Å². The largest absolute Gasteiger partial charge is 0.497 e. The summed E-state index contributed by atoms with van der Waals surface area (Å²) in [6.45, 7) is 13.0. The Morgan fingerprint density at radius 1 is 1.21 bits per heavy atom. The number of amides is 1. The molecule has 0 aliphatic carbocycles. The Bertz CT molecular complexity index is 623. The van der Waals surface area contributed by atoms with Crippen LogP contribution in [0, 0.1) is 11.3 Å². The van der Waals surface area contributed by atoms with Gasteiger partial charge in [0.25, 0.3) is 0 Å². The van der Waals surface area contributed by atoms with Crippen molar-refractivity contribution in [2.45, 2.75) is 78.9 Å². The first-order valence-electron chi connectivity index (χ1n) is 10.7. The van der Waals surface area contributed by atoms with E-state index in [-0.39, 0.29) is 16.9 Å². The van der Waals surface area contributed by atoms with E-state index in [9.17, 15) is 4.79 Å². The molecule has 1 aromatic carbocycles. The summed E-state index contributed by atoms with van der Waals surface area (Å²) in [4.78, 5) is 14.3. The van der Waals surface area contributed by atoms with E-state index in [1.165, 1.54) is 12.8 Å². The Morgan fingerprint density at radius 3 is 2.43 bits per heavy atom. The number of hydrogen-bond donors (Lipinski definition) is 0. The summed E-state index contributed by atoms with van der Waals surface area (Å²) in [7, 11) is 1.67.